The Bertz CT molecular complexity index is 1000. The van der Waals surface area contributed by atoms with Gasteiger partial charge in [-0.3, -0.25) is 0 Å². The zero-order valence-corrected chi connectivity index (χ0v) is 17.1. The summed E-state index contributed by atoms with van der Waals surface area (Å²) >= 11 is 0. The molecule has 0 aliphatic carbocycles. The van der Waals surface area contributed by atoms with Crippen molar-refractivity contribution in [2.75, 3.05) is 26.2 Å². The van der Waals surface area contributed by atoms with Gasteiger partial charge in [0.2, 0.25) is 0 Å². The van der Waals surface area contributed by atoms with E-state index in [2.05, 4.69) is 5.32 Å². The van der Waals surface area contributed by atoms with Gasteiger partial charge in [-0.25, -0.2) is 0 Å². The number of aliphatic hydroxyl groups excluding tert-OH is 1. The van der Waals surface area contributed by atoms with Crippen molar-refractivity contribution in [2.24, 2.45) is 0 Å². The van der Waals surface area contributed by atoms with E-state index in [0.717, 1.165) is 17.7 Å². The van der Waals surface area contributed by atoms with Crippen LogP contribution >= 0.6 is 0 Å². The Morgan fingerprint density at radius 1 is 0.933 bits per heavy atom. The molecule has 0 spiro atoms. The fraction of sp³-hybridized carbons (Fsp3) is 0.520. The minimum absolute atomic E-state index is 0.000211. The van der Waals surface area contributed by atoms with E-state index < -0.39 is 43.6 Å². The Hall–Kier alpha value is -1.92. The zero-order chi connectivity index (χ0) is 28.6. The van der Waals surface area contributed by atoms with Gasteiger partial charge < -0.3 is 25.4 Å². The molecule has 0 saturated carbocycles. The predicted molar refractivity (Wildman–Crippen MR) is 121 cm³/mol. The van der Waals surface area contributed by atoms with Gasteiger partial charge in [0.25, 0.3) is 0 Å². The van der Waals surface area contributed by atoms with Crippen LogP contribution in [0, 0.1) is 0 Å². The van der Waals surface area contributed by atoms with Crippen molar-refractivity contribution in [1.82, 2.24) is 5.32 Å². The number of hydrogen-bond donors (Lipinski definition) is 4. The molecule has 0 heterocycles. The zero-order valence-electron chi connectivity index (χ0n) is 25.1. The Labute approximate surface area is 192 Å². The number of phenols is 1. The van der Waals surface area contributed by atoms with Crippen LogP contribution in [0.25, 0.3) is 0 Å². The van der Waals surface area contributed by atoms with Crippen molar-refractivity contribution in [3.63, 3.8) is 0 Å². The first-order chi connectivity index (χ1) is 17.5. The average Bonchev–Trinajstić information content (AvgIpc) is 2.80. The first kappa shape index (κ1) is 15.0. The summed E-state index contributed by atoms with van der Waals surface area (Å²) in [5, 5.41) is 32.2. The molecule has 5 heteroatoms. The van der Waals surface area contributed by atoms with Crippen LogP contribution in [0.4, 0.5) is 0 Å². The van der Waals surface area contributed by atoms with E-state index in [1.165, 1.54) is 6.07 Å². The Morgan fingerprint density at radius 2 is 1.67 bits per heavy atom. The minimum Gasteiger partial charge on any atom is -0.508 e. The van der Waals surface area contributed by atoms with Gasteiger partial charge in [-0.2, -0.15) is 0 Å². The fourth-order valence-corrected chi connectivity index (χ4v) is 2.80. The smallest absolute Gasteiger partial charge is 0.121 e. The standard InChI is InChI=1S/C25H37NO4/c27-20-23-18-22(13-14-24(23)28)25(29)19-26-15-7-1-2-8-16-30-17-9-6-12-21-10-4-3-5-11-21/h3-5,10-11,13-14,18,25-29H,1-2,6-9,12,15-17,19-20H2/i15D2,16D2,17D2,20D2. The van der Waals surface area contributed by atoms with Crippen LogP contribution in [0.5, 0.6) is 5.75 Å². The second kappa shape index (κ2) is 15.0. The Kier molecular flexibility index (Phi) is 7.47. The van der Waals surface area contributed by atoms with Crippen molar-refractivity contribution in [3.05, 3.63) is 65.2 Å². The fourth-order valence-electron chi connectivity index (χ4n) is 2.80. The van der Waals surface area contributed by atoms with E-state index in [0.29, 0.717) is 12.8 Å². The summed E-state index contributed by atoms with van der Waals surface area (Å²) in [4.78, 5) is 0. The van der Waals surface area contributed by atoms with Gasteiger partial charge in [-0.05, 0) is 61.9 Å². The van der Waals surface area contributed by atoms with Crippen LogP contribution in [0.2, 0.25) is 0 Å². The van der Waals surface area contributed by atoms with E-state index in [-0.39, 0.29) is 44.2 Å². The highest BCUT2D eigenvalue weighted by Gasteiger charge is 2.09. The predicted octanol–water partition coefficient (Wildman–Crippen LogP) is 4.11. The first-order valence-electron chi connectivity index (χ1n) is 14.2. The molecular weight excluding hydrogens is 378 g/mol. The van der Waals surface area contributed by atoms with Crippen LogP contribution in [0.1, 0.15) is 72.3 Å². The van der Waals surface area contributed by atoms with E-state index in [4.69, 9.17) is 15.7 Å². The highest BCUT2D eigenvalue weighted by Crippen LogP contribution is 2.22. The normalized spacial score (nSPS) is 18.1. The summed E-state index contributed by atoms with van der Waals surface area (Å²) in [7, 11) is 0. The molecule has 1 atom stereocenters. The van der Waals surface area contributed by atoms with Gasteiger partial charge in [0.1, 0.15) is 5.75 Å². The molecule has 30 heavy (non-hydrogen) atoms. The summed E-state index contributed by atoms with van der Waals surface area (Å²) in [5.74, 6) is -0.471. The van der Waals surface area contributed by atoms with Gasteiger partial charge in [-0.1, -0.05) is 49.2 Å². The molecular formula is C25H37NO4. The largest absolute Gasteiger partial charge is 0.508 e. The lowest BCUT2D eigenvalue weighted by Gasteiger charge is -2.14. The van der Waals surface area contributed by atoms with Crippen LogP contribution in [0.3, 0.4) is 0 Å². The molecule has 166 valence electrons. The Morgan fingerprint density at radius 3 is 2.43 bits per heavy atom. The SMILES string of the molecule is [2H]C([2H])(CCCCC([2H])([2H])OC([2H])([2H])CCCc1ccccc1)NCC(O)c1ccc(O)c(C([2H])([2H])O)c1. The van der Waals surface area contributed by atoms with Gasteiger partial charge >= 0.3 is 0 Å². The summed E-state index contributed by atoms with van der Waals surface area (Å²) < 4.78 is 68.1. The quantitative estimate of drug-likeness (QED) is 0.306. The number of unbranched alkanes of at least 4 members (excludes halogenated alkanes) is 1. The molecule has 0 radical (unpaired) electrons. The lowest BCUT2D eigenvalue weighted by atomic mass is 10.1. The summed E-state index contributed by atoms with van der Waals surface area (Å²) in [6.45, 7) is -9.27. The van der Waals surface area contributed by atoms with Crippen LogP contribution in [-0.2, 0) is 17.7 Å². The monoisotopic (exact) mass is 423 g/mol. The van der Waals surface area contributed by atoms with Crippen molar-refractivity contribution in [1.29, 1.82) is 0 Å². The minimum atomic E-state index is -2.81. The number of rotatable bonds is 16. The number of hydrogen-bond acceptors (Lipinski definition) is 5. The number of aliphatic hydroxyl groups is 2. The lowest BCUT2D eigenvalue weighted by Crippen LogP contribution is -2.22. The molecule has 2 aromatic carbocycles. The topological polar surface area (TPSA) is 82.0 Å². The number of nitrogens with one attached hydrogen (secondary N) is 1. The molecule has 0 aromatic heterocycles. The van der Waals surface area contributed by atoms with Crippen molar-refractivity contribution in [3.8, 4) is 5.75 Å². The lowest BCUT2D eigenvalue weighted by molar-refractivity contribution is 0.126. The van der Waals surface area contributed by atoms with Gasteiger partial charge in [0.15, 0.2) is 0 Å². The molecule has 0 aliphatic heterocycles. The van der Waals surface area contributed by atoms with Crippen LogP contribution in [0.15, 0.2) is 48.5 Å². The number of ether oxygens (including phenoxy) is 1. The van der Waals surface area contributed by atoms with Gasteiger partial charge in [0.05, 0.1) is 20.9 Å². The first-order valence-corrected chi connectivity index (χ1v) is 10.2. The van der Waals surface area contributed by atoms with Crippen LogP contribution in [-0.4, -0.2) is 41.5 Å². The maximum Gasteiger partial charge on any atom is 0.121 e. The third-order valence-corrected chi connectivity index (χ3v) is 4.51. The molecule has 4 N–H and O–H groups in total. The highest BCUT2D eigenvalue weighted by atomic mass is 16.5. The second-order valence-electron chi connectivity index (χ2n) is 6.90. The third kappa shape index (κ3) is 9.72. The van der Waals surface area contributed by atoms with Crippen molar-refractivity contribution < 1.29 is 31.0 Å². The van der Waals surface area contributed by atoms with Crippen LogP contribution < -0.4 is 5.32 Å². The van der Waals surface area contributed by atoms with E-state index in [9.17, 15) is 15.3 Å². The number of aromatic hydroxyl groups is 1. The van der Waals surface area contributed by atoms with E-state index >= 15 is 0 Å². The maximum absolute atomic E-state index is 10.4. The molecule has 1 unspecified atom stereocenters. The molecule has 0 fully saturated rings. The van der Waals surface area contributed by atoms with E-state index in [1.807, 2.05) is 30.3 Å². The number of benzene rings is 2. The number of aryl methyl sites for hydroxylation is 1. The van der Waals surface area contributed by atoms with E-state index in [1.54, 1.807) is 0 Å². The molecule has 0 aliphatic rings. The molecule has 0 amide bonds. The summed E-state index contributed by atoms with van der Waals surface area (Å²) in [5.41, 5.74) is 0.846. The highest BCUT2D eigenvalue weighted by molar-refractivity contribution is 5.36. The average molecular weight is 424 g/mol. The van der Waals surface area contributed by atoms with Crippen molar-refractivity contribution in [2.45, 2.75) is 57.6 Å². The molecule has 0 saturated heterocycles. The molecule has 5 nitrogen and oxygen atoms in total. The van der Waals surface area contributed by atoms with Gasteiger partial charge in [-0.15, -0.1) is 0 Å². The second-order valence-corrected chi connectivity index (χ2v) is 6.90. The summed E-state index contributed by atoms with van der Waals surface area (Å²) in [6, 6.07) is 13.2. The van der Waals surface area contributed by atoms with Crippen molar-refractivity contribution >= 4 is 0 Å². The summed E-state index contributed by atoms with van der Waals surface area (Å²) in [6.07, 6.45) is 0.397. The molecule has 2 rings (SSSR count). The Balaban J connectivity index is 1.74. The maximum atomic E-state index is 10.4. The third-order valence-electron chi connectivity index (χ3n) is 4.51. The molecule has 0 bridgehead atoms. The van der Waals surface area contributed by atoms with Gasteiger partial charge in [0, 0.05) is 28.0 Å². The molecule has 2 aromatic rings.